The van der Waals surface area contributed by atoms with Gasteiger partial charge in [0.2, 0.25) is 0 Å². The van der Waals surface area contributed by atoms with E-state index in [0.29, 0.717) is 5.13 Å². The smallest absolute Gasteiger partial charge is 0.183 e. The average Bonchev–Trinajstić information content (AvgIpc) is 2.71. The Labute approximate surface area is 82.8 Å². The standard InChI is InChI=1S/C6H7N5S2/c7-5-10-4(1-12-5)2-13-6-8-3-9-11-6/h1,3H,2H2,(H2,7,10)(H,8,9,11). The average molecular weight is 213 g/mol. The van der Waals surface area contributed by atoms with Crippen molar-refractivity contribution in [1.82, 2.24) is 20.2 Å². The van der Waals surface area contributed by atoms with Crippen molar-refractivity contribution in [2.24, 2.45) is 0 Å². The molecule has 68 valence electrons. The van der Waals surface area contributed by atoms with Crippen LogP contribution < -0.4 is 5.73 Å². The first-order valence-electron chi connectivity index (χ1n) is 3.52. The third-order valence-corrected chi connectivity index (χ3v) is 2.95. The van der Waals surface area contributed by atoms with Crippen LogP contribution in [0.2, 0.25) is 0 Å². The number of H-pyrrole nitrogens is 1. The van der Waals surface area contributed by atoms with Crippen LogP contribution in [-0.2, 0) is 5.75 Å². The largest absolute Gasteiger partial charge is 0.375 e. The maximum Gasteiger partial charge on any atom is 0.183 e. The Morgan fingerprint density at radius 1 is 1.62 bits per heavy atom. The van der Waals surface area contributed by atoms with E-state index in [-0.39, 0.29) is 0 Å². The summed E-state index contributed by atoms with van der Waals surface area (Å²) in [5.41, 5.74) is 6.47. The lowest BCUT2D eigenvalue weighted by molar-refractivity contribution is 0.972. The van der Waals surface area contributed by atoms with E-state index in [4.69, 9.17) is 5.73 Å². The number of aromatic amines is 1. The van der Waals surface area contributed by atoms with Gasteiger partial charge in [-0.3, -0.25) is 5.10 Å². The van der Waals surface area contributed by atoms with E-state index in [1.165, 1.54) is 17.7 Å². The van der Waals surface area contributed by atoms with Gasteiger partial charge in [0.15, 0.2) is 10.3 Å². The molecule has 0 spiro atoms. The molecule has 0 atom stereocenters. The molecule has 2 aromatic rings. The van der Waals surface area contributed by atoms with Crippen molar-refractivity contribution in [3.8, 4) is 0 Å². The van der Waals surface area contributed by atoms with Gasteiger partial charge in [-0.25, -0.2) is 9.97 Å². The second kappa shape index (κ2) is 3.75. The zero-order valence-electron chi connectivity index (χ0n) is 6.60. The fourth-order valence-corrected chi connectivity index (χ4v) is 2.13. The Morgan fingerprint density at radius 2 is 2.54 bits per heavy atom. The maximum absolute atomic E-state index is 5.49. The summed E-state index contributed by atoms with van der Waals surface area (Å²) in [6.07, 6.45) is 1.48. The normalized spacial score (nSPS) is 10.5. The van der Waals surface area contributed by atoms with Crippen LogP contribution in [0.1, 0.15) is 5.69 Å². The van der Waals surface area contributed by atoms with Crippen molar-refractivity contribution in [2.45, 2.75) is 10.9 Å². The number of nitrogens with one attached hydrogen (secondary N) is 1. The summed E-state index contributed by atoms with van der Waals surface area (Å²) >= 11 is 3.00. The third kappa shape index (κ3) is 2.19. The molecule has 0 radical (unpaired) electrons. The molecular formula is C6H7N5S2. The predicted molar refractivity (Wildman–Crippen MR) is 52.5 cm³/mol. The summed E-state index contributed by atoms with van der Waals surface area (Å²) in [5, 5.41) is 9.85. The summed E-state index contributed by atoms with van der Waals surface area (Å²) in [6.45, 7) is 0. The predicted octanol–water partition coefficient (Wildman–Crippen LogP) is 1.14. The van der Waals surface area contributed by atoms with Gasteiger partial charge in [0.05, 0.1) is 5.69 Å². The van der Waals surface area contributed by atoms with E-state index < -0.39 is 0 Å². The summed E-state index contributed by atoms with van der Waals surface area (Å²) in [5.74, 6) is 0.767. The number of nitrogen functional groups attached to an aromatic ring is 1. The lowest BCUT2D eigenvalue weighted by Crippen LogP contribution is -1.85. The minimum Gasteiger partial charge on any atom is -0.375 e. The van der Waals surface area contributed by atoms with Gasteiger partial charge in [-0.05, 0) is 0 Å². The molecule has 0 aliphatic carbocycles. The van der Waals surface area contributed by atoms with Crippen LogP contribution in [0, 0.1) is 0 Å². The number of thioether (sulfide) groups is 1. The molecule has 0 aromatic carbocycles. The molecular weight excluding hydrogens is 206 g/mol. The molecule has 2 aromatic heterocycles. The molecule has 0 fully saturated rings. The minimum atomic E-state index is 0.605. The van der Waals surface area contributed by atoms with Crippen molar-refractivity contribution >= 4 is 28.2 Å². The molecule has 5 nitrogen and oxygen atoms in total. The van der Waals surface area contributed by atoms with Gasteiger partial charge in [0, 0.05) is 11.1 Å². The number of rotatable bonds is 3. The third-order valence-electron chi connectivity index (χ3n) is 1.32. The molecule has 0 aliphatic heterocycles. The first-order valence-corrected chi connectivity index (χ1v) is 5.39. The van der Waals surface area contributed by atoms with Gasteiger partial charge in [0.1, 0.15) is 6.33 Å². The number of nitrogens with zero attached hydrogens (tertiary/aromatic N) is 3. The summed E-state index contributed by atoms with van der Waals surface area (Å²) in [4.78, 5) is 8.10. The van der Waals surface area contributed by atoms with E-state index in [0.717, 1.165) is 16.6 Å². The number of aromatic nitrogens is 4. The van der Waals surface area contributed by atoms with Crippen LogP contribution in [0.3, 0.4) is 0 Å². The van der Waals surface area contributed by atoms with E-state index in [1.54, 1.807) is 11.8 Å². The van der Waals surface area contributed by atoms with Crippen LogP contribution >= 0.6 is 23.1 Å². The van der Waals surface area contributed by atoms with Crippen LogP contribution in [0.4, 0.5) is 5.13 Å². The van der Waals surface area contributed by atoms with E-state index in [2.05, 4.69) is 20.2 Å². The monoisotopic (exact) mass is 213 g/mol. The summed E-state index contributed by atoms with van der Waals surface area (Å²) in [6, 6.07) is 0. The number of hydrogen-bond acceptors (Lipinski definition) is 6. The van der Waals surface area contributed by atoms with Crippen LogP contribution in [0.15, 0.2) is 16.9 Å². The van der Waals surface area contributed by atoms with Crippen molar-refractivity contribution < 1.29 is 0 Å². The summed E-state index contributed by atoms with van der Waals surface area (Å²) in [7, 11) is 0. The van der Waals surface area contributed by atoms with Gasteiger partial charge in [-0.2, -0.15) is 5.10 Å². The second-order valence-electron chi connectivity index (χ2n) is 2.26. The molecule has 0 saturated heterocycles. The van der Waals surface area contributed by atoms with E-state index >= 15 is 0 Å². The topological polar surface area (TPSA) is 80.5 Å². The molecule has 7 heteroatoms. The fourth-order valence-electron chi connectivity index (χ4n) is 0.795. The second-order valence-corrected chi connectivity index (χ2v) is 4.11. The number of nitrogens with two attached hydrogens (primary N) is 1. The van der Waals surface area contributed by atoms with Gasteiger partial charge in [-0.15, -0.1) is 11.3 Å². The zero-order valence-corrected chi connectivity index (χ0v) is 8.23. The number of hydrogen-bond donors (Lipinski definition) is 2. The lowest BCUT2D eigenvalue weighted by atomic mass is 10.6. The Bertz CT molecular complexity index is 368. The Kier molecular flexibility index (Phi) is 2.46. The number of anilines is 1. The van der Waals surface area contributed by atoms with Gasteiger partial charge in [-0.1, -0.05) is 11.8 Å². The Morgan fingerprint density at radius 3 is 3.15 bits per heavy atom. The van der Waals surface area contributed by atoms with Gasteiger partial charge in [0.25, 0.3) is 0 Å². The molecule has 0 unspecified atom stereocenters. The van der Waals surface area contributed by atoms with Crippen molar-refractivity contribution in [2.75, 3.05) is 5.73 Å². The first-order chi connectivity index (χ1) is 6.34. The molecule has 2 rings (SSSR count). The maximum atomic E-state index is 5.49. The summed E-state index contributed by atoms with van der Waals surface area (Å²) < 4.78 is 0. The first kappa shape index (κ1) is 8.52. The highest BCUT2D eigenvalue weighted by Crippen LogP contribution is 2.20. The zero-order chi connectivity index (χ0) is 9.10. The molecule has 3 N–H and O–H groups in total. The van der Waals surface area contributed by atoms with Crippen LogP contribution in [0.25, 0.3) is 0 Å². The van der Waals surface area contributed by atoms with Gasteiger partial charge >= 0.3 is 0 Å². The lowest BCUT2D eigenvalue weighted by Gasteiger charge is -1.91. The fraction of sp³-hybridized carbons (Fsp3) is 0.167. The van der Waals surface area contributed by atoms with Gasteiger partial charge < -0.3 is 5.73 Å². The highest BCUT2D eigenvalue weighted by atomic mass is 32.2. The van der Waals surface area contributed by atoms with E-state index in [1.807, 2.05) is 5.38 Å². The Balaban J connectivity index is 1.93. The Hall–Kier alpha value is -1.08. The van der Waals surface area contributed by atoms with Crippen LogP contribution in [-0.4, -0.2) is 20.2 Å². The quantitative estimate of drug-likeness (QED) is 0.747. The SMILES string of the molecule is Nc1nc(CSc2ncn[nH]2)cs1. The molecule has 0 saturated carbocycles. The molecule has 0 bridgehead atoms. The number of thiazole rings is 1. The molecule has 0 aliphatic rings. The van der Waals surface area contributed by atoms with Crippen molar-refractivity contribution in [3.63, 3.8) is 0 Å². The van der Waals surface area contributed by atoms with Crippen molar-refractivity contribution in [1.29, 1.82) is 0 Å². The highest BCUT2D eigenvalue weighted by molar-refractivity contribution is 7.98. The van der Waals surface area contributed by atoms with Crippen molar-refractivity contribution in [3.05, 3.63) is 17.4 Å². The van der Waals surface area contributed by atoms with Crippen LogP contribution in [0.5, 0.6) is 0 Å². The highest BCUT2D eigenvalue weighted by Gasteiger charge is 2.01. The molecule has 0 amide bonds. The minimum absolute atomic E-state index is 0.605. The molecule has 2 heterocycles. The van der Waals surface area contributed by atoms with E-state index in [9.17, 15) is 0 Å². The molecule has 13 heavy (non-hydrogen) atoms.